The van der Waals surface area contributed by atoms with Crippen molar-refractivity contribution in [2.45, 2.75) is 23.5 Å². The van der Waals surface area contributed by atoms with Crippen LogP contribution in [0, 0.1) is 0 Å². The largest absolute Gasteiger partial charge is 0.545 e. The van der Waals surface area contributed by atoms with E-state index in [1.54, 1.807) is 24.3 Å². The Morgan fingerprint density at radius 2 is 1.93 bits per heavy atom. The molecule has 0 saturated carbocycles. The molecule has 8 heteroatoms. The second-order valence-corrected chi connectivity index (χ2v) is 9.45. The van der Waals surface area contributed by atoms with Crippen LogP contribution in [0.3, 0.4) is 0 Å². The van der Waals surface area contributed by atoms with Gasteiger partial charge in [-0.05, 0) is 48.7 Å². The van der Waals surface area contributed by atoms with E-state index in [1.807, 2.05) is 0 Å². The van der Waals surface area contributed by atoms with E-state index in [2.05, 4.69) is 0 Å². The number of thiophene rings is 1. The van der Waals surface area contributed by atoms with Gasteiger partial charge in [-0.3, -0.25) is 0 Å². The summed E-state index contributed by atoms with van der Waals surface area (Å²) in [5.74, 6) is -0.761. The van der Waals surface area contributed by atoms with Gasteiger partial charge < -0.3 is 14.6 Å². The molecule has 2 aromatic rings. The summed E-state index contributed by atoms with van der Waals surface area (Å²) in [4.78, 5) is 12.0. The Hall–Kier alpha value is -2.16. The topological polar surface area (TPSA) is 86.7 Å². The average Bonchev–Trinajstić information content (AvgIpc) is 3.17. The van der Waals surface area contributed by atoms with Gasteiger partial charge in [-0.1, -0.05) is 18.6 Å². The second-order valence-electron chi connectivity index (χ2n) is 6.21. The number of hydrogen-bond donors (Lipinski definition) is 0. The van der Waals surface area contributed by atoms with Crippen LogP contribution in [-0.2, 0) is 14.8 Å². The Morgan fingerprint density at radius 1 is 1.19 bits per heavy atom. The monoisotopic (exact) mass is 406 g/mol. The first kappa shape index (κ1) is 19.6. The molecule has 0 N–H and O–H groups in total. The zero-order valence-electron chi connectivity index (χ0n) is 14.9. The molecule has 0 unspecified atom stereocenters. The van der Waals surface area contributed by atoms with E-state index in [0.29, 0.717) is 29.3 Å². The highest BCUT2D eigenvalue weighted by atomic mass is 32.2. The Kier molecular flexibility index (Phi) is 5.98. The lowest BCUT2D eigenvalue weighted by atomic mass is 10.1. The highest BCUT2D eigenvalue weighted by Crippen LogP contribution is 2.32. The van der Waals surface area contributed by atoms with Gasteiger partial charge >= 0.3 is 0 Å². The zero-order chi connectivity index (χ0) is 19.4. The summed E-state index contributed by atoms with van der Waals surface area (Å²) in [7, 11) is -2.07. The van der Waals surface area contributed by atoms with Gasteiger partial charge in [0.05, 0.1) is 13.1 Å². The van der Waals surface area contributed by atoms with Gasteiger partial charge in [0.25, 0.3) is 10.0 Å². The van der Waals surface area contributed by atoms with Crippen LogP contribution in [0.4, 0.5) is 0 Å². The van der Waals surface area contributed by atoms with Crippen molar-refractivity contribution in [1.29, 1.82) is 0 Å². The molecule has 2 heterocycles. The van der Waals surface area contributed by atoms with Crippen LogP contribution >= 0.6 is 11.3 Å². The average molecular weight is 407 g/mol. The van der Waals surface area contributed by atoms with Crippen molar-refractivity contribution >= 4 is 39.0 Å². The normalized spacial score (nSPS) is 16.3. The number of ether oxygens (including phenoxy) is 1. The van der Waals surface area contributed by atoms with E-state index in [0.717, 1.165) is 30.6 Å². The summed E-state index contributed by atoms with van der Waals surface area (Å²) in [5, 5.41) is 11.7. The van der Waals surface area contributed by atoms with Crippen molar-refractivity contribution in [1.82, 2.24) is 4.31 Å². The highest BCUT2D eigenvalue weighted by molar-refractivity contribution is 7.91. The van der Waals surface area contributed by atoms with Crippen LogP contribution in [0.5, 0.6) is 5.75 Å². The molecule has 1 fully saturated rings. The maximum absolute atomic E-state index is 12.8. The van der Waals surface area contributed by atoms with Gasteiger partial charge in [-0.2, -0.15) is 4.31 Å². The summed E-state index contributed by atoms with van der Waals surface area (Å²) in [6.45, 7) is 1.01. The van der Waals surface area contributed by atoms with E-state index in [4.69, 9.17) is 4.74 Å². The minimum absolute atomic E-state index is 0.0617. The number of benzene rings is 1. The number of carboxylic acids is 1. The van der Waals surface area contributed by atoms with Crippen LogP contribution in [0.15, 0.2) is 40.6 Å². The maximum atomic E-state index is 12.8. The lowest BCUT2D eigenvalue weighted by Crippen LogP contribution is -2.35. The highest BCUT2D eigenvalue weighted by Gasteiger charge is 2.27. The van der Waals surface area contributed by atoms with E-state index < -0.39 is 16.0 Å². The SMILES string of the molecule is COc1cccc(/C=C(\C(=O)[O-])c2ccc(S(=O)(=O)N3CCCCC3)s2)c1. The lowest BCUT2D eigenvalue weighted by Gasteiger charge is -2.25. The fourth-order valence-electron chi connectivity index (χ4n) is 2.96. The molecule has 1 aliphatic heterocycles. The first-order chi connectivity index (χ1) is 12.9. The Bertz CT molecular complexity index is 956. The smallest absolute Gasteiger partial charge is 0.252 e. The number of hydrogen-bond acceptors (Lipinski definition) is 6. The number of sulfonamides is 1. The summed E-state index contributed by atoms with van der Waals surface area (Å²) in [6.07, 6.45) is 4.18. The standard InChI is InChI=1S/C19H21NO5S2/c1-25-15-7-5-6-14(12-15)13-16(19(21)22)17-8-9-18(26-17)27(23,24)20-10-3-2-4-11-20/h5-9,12-13H,2-4,10-11H2,1H3,(H,21,22)/p-1/b16-13-. The lowest BCUT2D eigenvalue weighted by molar-refractivity contribution is -0.295. The Morgan fingerprint density at radius 3 is 2.59 bits per heavy atom. The second kappa shape index (κ2) is 8.24. The van der Waals surface area contributed by atoms with Crippen molar-refractivity contribution in [3.63, 3.8) is 0 Å². The molecule has 0 radical (unpaired) electrons. The van der Waals surface area contributed by atoms with Crippen molar-refractivity contribution < 1.29 is 23.1 Å². The molecular weight excluding hydrogens is 386 g/mol. The van der Waals surface area contributed by atoms with Crippen LogP contribution in [0.25, 0.3) is 11.6 Å². The number of carbonyl (C=O) groups excluding carboxylic acids is 1. The number of aliphatic carboxylic acids is 1. The third kappa shape index (κ3) is 4.40. The molecule has 0 bridgehead atoms. The molecular formula is C19H20NO5S2-. The van der Waals surface area contributed by atoms with Gasteiger partial charge in [0.2, 0.25) is 0 Å². The maximum Gasteiger partial charge on any atom is 0.252 e. The number of rotatable bonds is 6. The molecule has 0 amide bonds. The number of piperidine rings is 1. The first-order valence-electron chi connectivity index (χ1n) is 8.59. The molecule has 0 atom stereocenters. The van der Waals surface area contributed by atoms with Crippen molar-refractivity contribution in [2.24, 2.45) is 0 Å². The number of carboxylic acid groups (broad SMARTS) is 1. The molecule has 1 saturated heterocycles. The third-order valence-corrected chi connectivity index (χ3v) is 7.87. The fraction of sp³-hybridized carbons (Fsp3) is 0.316. The minimum Gasteiger partial charge on any atom is -0.545 e. The minimum atomic E-state index is -3.59. The molecule has 0 aliphatic carbocycles. The number of nitrogens with zero attached hydrogens (tertiary/aromatic N) is 1. The molecule has 1 aliphatic rings. The third-order valence-electron chi connectivity index (χ3n) is 4.38. The quantitative estimate of drug-likeness (QED) is 0.687. The van der Waals surface area contributed by atoms with Gasteiger partial charge in [-0.25, -0.2) is 8.42 Å². The molecule has 27 heavy (non-hydrogen) atoms. The summed E-state index contributed by atoms with van der Waals surface area (Å²) >= 11 is 0.949. The molecule has 6 nitrogen and oxygen atoms in total. The van der Waals surface area contributed by atoms with Crippen molar-refractivity contribution in [3.05, 3.63) is 46.8 Å². The number of carbonyl (C=O) groups is 1. The van der Waals surface area contributed by atoms with E-state index in [1.165, 1.54) is 29.6 Å². The Balaban J connectivity index is 1.94. The summed E-state index contributed by atoms with van der Waals surface area (Å²) in [6, 6.07) is 9.92. The summed E-state index contributed by atoms with van der Waals surface area (Å²) in [5.41, 5.74) is 0.565. The van der Waals surface area contributed by atoms with Gasteiger partial charge in [-0.15, -0.1) is 11.3 Å². The first-order valence-corrected chi connectivity index (χ1v) is 10.8. The molecule has 144 valence electrons. The predicted octanol–water partition coefficient (Wildman–Crippen LogP) is 2.22. The van der Waals surface area contributed by atoms with Crippen molar-refractivity contribution in [3.8, 4) is 5.75 Å². The number of methoxy groups -OCH3 is 1. The van der Waals surface area contributed by atoms with Gasteiger partial charge in [0.15, 0.2) is 0 Å². The molecule has 0 spiro atoms. The fourth-order valence-corrected chi connectivity index (χ4v) is 5.95. The van der Waals surface area contributed by atoms with E-state index >= 15 is 0 Å². The van der Waals surface area contributed by atoms with Crippen LogP contribution in [-0.4, -0.2) is 38.9 Å². The summed E-state index contributed by atoms with van der Waals surface area (Å²) < 4.78 is 32.3. The van der Waals surface area contributed by atoms with Crippen LogP contribution in [0.1, 0.15) is 29.7 Å². The van der Waals surface area contributed by atoms with Gasteiger partial charge in [0, 0.05) is 23.5 Å². The van der Waals surface area contributed by atoms with Crippen molar-refractivity contribution in [2.75, 3.05) is 20.2 Å². The van der Waals surface area contributed by atoms with Gasteiger partial charge in [0.1, 0.15) is 9.96 Å². The van der Waals surface area contributed by atoms with E-state index in [9.17, 15) is 18.3 Å². The predicted molar refractivity (Wildman–Crippen MR) is 103 cm³/mol. The molecule has 1 aromatic carbocycles. The molecule has 3 rings (SSSR count). The van der Waals surface area contributed by atoms with Crippen LogP contribution < -0.4 is 9.84 Å². The zero-order valence-corrected chi connectivity index (χ0v) is 16.5. The Labute approximate surface area is 162 Å². The molecule has 1 aromatic heterocycles. The van der Waals surface area contributed by atoms with E-state index in [-0.39, 0.29) is 9.78 Å². The van der Waals surface area contributed by atoms with Crippen LogP contribution in [0.2, 0.25) is 0 Å².